The molecule has 14 atom stereocenters. The SMILES string of the molecule is C=CN(C)[C@H]1C[C@@H](C)OC(O[C@@H]2[C@@H](C)[C@H](OC(=O)Cc3cccnc3)[C@@H](C)C(=O)O[C@H](C)[C@@]3(C)OC(=O)N[C@@H]3[C@@H](C)C(=O)[C@H](C)C[C@@]2(C)OC)[C@@H]1O. The zero-order chi connectivity index (χ0) is 38.7. The molecule has 290 valence electrons. The van der Waals surface area contributed by atoms with Gasteiger partial charge >= 0.3 is 18.0 Å². The number of cyclic esters (lactones) is 1. The Morgan fingerprint density at radius 1 is 1.15 bits per heavy atom. The number of rotatable bonds is 8. The quantitative estimate of drug-likeness (QED) is 0.294. The number of amides is 1. The maximum Gasteiger partial charge on any atom is 0.408 e. The number of carbonyl (C=O) groups is 4. The summed E-state index contributed by atoms with van der Waals surface area (Å²) in [5, 5.41) is 14.4. The van der Waals surface area contributed by atoms with Gasteiger partial charge in [-0.25, -0.2) is 4.79 Å². The van der Waals surface area contributed by atoms with E-state index in [-0.39, 0.29) is 24.7 Å². The van der Waals surface area contributed by atoms with E-state index in [9.17, 15) is 24.3 Å². The number of ether oxygens (including phenoxy) is 6. The van der Waals surface area contributed by atoms with E-state index >= 15 is 0 Å². The van der Waals surface area contributed by atoms with Crippen molar-refractivity contribution in [2.45, 2.75) is 135 Å². The molecule has 0 spiro atoms. The second-order valence-electron chi connectivity index (χ2n) is 15.2. The number of ketones is 1. The zero-order valence-electron chi connectivity index (χ0n) is 32.1. The van der Waals surface area contributed by atoms with E-state index in [4.69, 9.17) is 28.4 Å². The van der Waals surface area contributed by atoms with Crippen molar-refractivity contribution in [1.82, 2.24) is 15.2 Å². The van der Waals surface area contributed by atoms with Crippen LogP contribution in [0.2, 0.25) is 0 Å². The maximum atomic E-state index is 14.2. The molecule has 14 heteroatoms. The summed E-state index contributed by atoms with van der Waals surface area (Å²) >= 11 is 0. The summed E-state index contributed by atoms with van der Waals surface area (Å²) in [5.74, 6) is -4.78. The number of Topliss-reactive ketones (excluding diaryl/α,β-unsaturated/α-hetero) is 1. The smallest absolute Gasteiger partial charge is 0.408 e. The minimum atomic E-state index is -1.39. The first-order valence-electron chi connectivity index (χ1n) is 18.1. The first kappa shape index (κ1) is 41.2. The van der Waals surface area contributed by atoms with Gasteiger partial charge in [0.1, 0.15) is 24.1 Å². The summed E-state index contributed by atoms with van der Waals surface area (Å²) in [7, 11) is 3.30. The van der Waals surface area contributed by atoms with Crippen LogP contribution in [0.1, 0.15) is 73.8 Å². The van der Waals surface area contributed by atoms with Crippen LogP contribution < -0.4 is 5.32 Å². The Bertz CT molecular complexity index is 1450. The Morgan fingerprint density at radius 2 is 1.85 bits per heavy atom. The number of aliphatic hydroxyl groups is 1. The van der Waals surface area contributed by atoms with Gasteiger partial charge in [-0.2, -0.15) is 0 Å². The summed E-state index contributed by atoms with van der Waals surface area (Å²) in [4.78, 5) is 60.4. The second-order valence-corrected chi connectivity index (χ2v) is 15.2. The first-order valence-corrected chi connectivity index (χ1v) is 18.1. The number of aromatic nitrogens is 1. The van der Waals surface area contributed by atoms with Crippen molar-refractivity contribution < 1.29 is 52.7 Å². The number of likely N-dealkylation sites (N-methyl/N-ethyl adjacent to an activating group) is 1. The topological polar surface area (TPSA) is 172 Å². The van der Waals surface area contributed by atoms with Gasteiger partial charge in [0.05, 0.1) is 42.2 Å². The molecule has 0 radical (unpaired) electrons. The number of pyridine rings is 1. The van der Waals surface area contributed by atoms with Crippen LogP contribution in [0.15, 0.2) is 37.3 Å². The third-order valence-corrected chi connectivity index (χ3v) is 11.4. The molecule has 4 heterocycles. The van der Waals surface area contributed by atoms with Gasteiger partial charge < -0.3 is 43.7 Å². The normalized spacial score (nSPS) is 40.3. The molecule has 1 aromatic rings. The van der Waals surface area contributed by atoms with Crippen LogP contribution in [0.4, 0.5) is 4.79 Å². The highest BCUT2D eigenvalue weighted by Crippen LogP contribution is 2.41. The Hall–Kier alpha value is -3.59. The van der Waals surface area contributed by atoms with Gasteiger partial charge in [-0.05, 0) is 65.3 Å². The van der Waals surface area contributed by atoms with E-state index in [0.29, 0.717) is 12.0 Å². The molecule has 0 aliphatic carbocycles. The Labute approximate surface area is 306 Å². The highest BCUT2D eigenvalue weighted by atomic mass is 16.7. The van der Waals surface area contributed by atoms with Crippen molar-refractivity contribution in [3.63, 3.8) is 0 Å². The van der Waals surface area contributed by atoms with Crippen LogP contribution in [-0.4, -0.2) is 113 Å². The van der Waals surface area contributed by atoms with Crippen LogP contribution in [0, 0.1) is 23.7 Å². The number of nitrogens with one attached hydrogen (secondary N) is 1. The molecule has 0 bridgehead atoms. The largest absolute Gasteiger partial charge is 0.461 e. The first-order chi connectivity index (χ1) is 24.4. The monoisotopic (exact) mass is 731 g/mol. The highest BCUT2D eigenvalue weighted by Gasteiger charge is 2.57. The van der Waals surface area contributed by atoms with Crippen molar-refractivity contribution >= 4 is 23.8 Å². The predicted molar refractivity (Wildman–Crippen MR) is 188 cm³/mol. The van der Waals surface area contributed by atoms with Crippen LogP contribution in [0.25, 0.3) is 0 Å². The number of hydrogen-bond acceptors (Lipinski definition) is 13. The zero-order valence-corrected chi connectivity index (χ0v) is 32.1. The number of fused-ring (bicyclic) bond motifs is 1. The molecule has 3 saturated heterocycles. The summed E-state index contributed by atoms with van der Waals surface area (Å²) in [6, 6.07) is 2.23. The van der Waals surface area contributed by atoms with E-state index in [1.807, 2.05) is 14.0 Å². The number of aliphatic hydroxyl groups excluding tert-OH is 1. The van der Waals surface area contributed by atoms with E-state index in [2.05, 4.69) is 16.9 Å². The van der Waals surface area contributed by atoms with Crippen LogP contribution in [-0.2, 0) is 49.2 Å². The van der Waals surface area contributed by atoms with Crippen LogP contribution >= 0.6 is 0 Å². The van der Waals surface area contributed by atoms with E-state index < -0.39 is 95.7 Å². The number of hydrogen-bond donors (Lipinski definition) is 2. The molecule has 0 aromatic carbocycles. The fraction of sp³-hybridized carbons (Fsp3) is 0.711. The standard InChI is InChI=1S/C38H57N3O11/c1-12-41(10)27-16-21(3)48-35(30(27)44)51-33-23(5)31(50-28(42)17-26-14-13-15-39-19-26)24(6)34(45)49-25(7)38(9)32(40-36(46)52-38)22(4)29(43)20(2)18-37(33,8)47-11/h12-15,19-25,27,30-33,35,44H,1,16-18H2,2-11H3,(H,40,46)/t20-,21-,22+,23+,24-,25-,27+,30-,31+,32-,33-,35?,37-,38-/m1/s1. The molecule has 4 rings (SSSR count). The minimum Gasteiger partial charge on any atom is -0.461 e. The van der Waals surface area contributed by atoms with Crippen LogP contribution in [0.3, 0.4) is 0 Å². The molecule has 3 aliphatic heterocycles. The lowest BCUT2D eigenvalue weighted by Gasteiger charge is -2.48. The number of carbonyl (C=O) groups excluding carboxylic acids is 4. The molecule has 52 heavy (non-hydrogen) atoms. The van der Waals surface area contributed by atoms with Gasteiger partial charge in [0.25, 0.3) is 0 Å². The van der Waals surface area contributed by atoms with Crippen LogP contribution in [0.5, 0.6) is 0 Å². The summed E-state index contributed by atoms with van der Waals surface area (Å²) in [5.41, 5.74) is -2.05. The lowest BCUT2D eigenvalue weighted by Crippen LogP contribution is -2.60. The number of methoxy groups -OCH3 is 1. The summed E-state index contributed by atoms with van der Waals surface area (Å²) in [6.45, 7) is 17.6. The molecule has 3 aliphatic rings. The third-order valence-electron chi connectivity index (χ3n) is 11.4. The summed E-state index contributed by atoms with van der Waals surface area (Å²) in [6.07, 6.45) is -1.23. The van der Waals surface area contributed by atoms with Gasteiger partial charge in [-0.1, -0.05) is 33.4 Å². The average molecular weight is 732 g/mol. The van der Waals surface area contributed by atoms with Crippen molar-refractivity contribution in [1.29, 1.82) is 0 Å². The Kier molecular flexibility index (Phi) is 13.2. The molecular formula is C38H57N3O11. The number of alkyl carbamates (subject to hydrolysis) is 1. The third kappa shape index (κ3) is 8.61. The van der Waals surface area contributed by atoms with Crippen molar-refractivity contribution in [3.05, 3.63) is 42.9 Å². The maximum absolute atomic E-state index is 14.2. The van der Waals surface area contributed by atoms with Crippen molar-refractivity contribution in [2.24, 2.45) is 23.7 Å². The lowest BCUT2D eigenvalue weighted by atomic mass is 9.73. The fourth-order valence-electron chi connectivity index (χ4n) is 8.04. The van der Waals surface area contributed by atoms with E-state index in [1.165, 1.54) is 7.11 Å². The number of nitrogens with zero attached hydrogens (tertiary/aromatic N) is 2. The Balaban J connectivity index is 1.83. The highest BCUT2D eigenvalue weighted by molar-refractivity contribution is 5.85. The molecule has 1 aromatic heterocycles. The van der Waals surface area contributed by atoms with E-state index in [1.54, 1.807) is 84.1 Å². The molecule has 3 fully saturated rings. The molecule has 2 N–H and O–H groups in total. The van der Waals surface area contributed by atoms with Gasteiger partial charge in [-0.15, -0.1) is 0 Å². The summed E-state index contributed by atoms with van der Waals surface area (Å²) < 4.78 is 37.0. The van der Waals surface area contributed by atoms with Crippen molar-refractivity contribution in [3.8, 4) is 0 Å². The average Bonchev–Trinajstić information content (AvgIpc) is 3.43. The van der Waals surface area contributed by atoms with E-state index in [0.717, 1.165) is 0 Å². The van der Waals surface area contributed by atoms with Gasteiger partial charge in [-0.3, -0.25) is 19.4 Å². The van der Waals surface area contributed by atoms with Gasteiger partial charge in [0.15, 0.2) is 11.9 Å². The molecule has 1 amide bonds. The predicted octanol–water partition coefficient (Wildman–Crippen LogP) is 3.58. The number of esters is 2. The lowest BCUT2D eigenvalue weighted by molar-refractivity contribution is -0.301. The molecule has 1 unspecified atom stereocenters. The fourth-order valence-corrected chi connectivity index (χ4v) is 8.04. The Morgan fingerprint density at radius 3 is 2.46 bits per heavy atom. The molecule has 0 saturated carbocycles. The second kappa shape index (κ2) is 16.6. The van der Waals surface area contributed by atoms with Gasteiger partial charge in [0, 0.05) is 44.3 Å². The van der Waals surface area contributed by atoms with Crippen molar-refractivity contribution in [2.75, 3.05) is 14.2 Å². The molecule has 14 nitrogen and oxygen atoms in total. The minimum absolute atomic E-state index is 0.120. The van der Waals surface area contributed by atoms with Gasteiger partial charge in [0.2, 0.25) is 0 Å². The molecular weight excluding hydrogens is 674 g/mol.